The number of anilines is 1. The zero-order chi connectivity index (χ0) is 12.7. The summed E-state index contributed by atoms with van der Waals surface area (Å²) in [6.45, 7) is 7.95. The van der Waals surface area contributed by atoms with Crippen LogP contribution in [0.4, 0.5) is 5.82 Å². The Labute approximate surface area is 102 Å². The molecule has 0 fully saturated rings. The van der Waals surface area contributed by atoms with Crippen LogP contribution in [0.15, 0.2) is 6.33 Å². The molecule has 1 aromatic heterocycles. The van der Waals surface area contributed by atoms with E-state index in [4.69, 9.17) is 15.2 Å². The molecule has 1 aromatic rings. The Morgan fingerprint density at radius 1 is 1.24 bits per heavy atom. The lowest BCUT2D eigenvalue weighted by Crippen LogP contribution is -2.11. The first-order valence-corrected chi connectivity index (χ1v) is 5.97. The fourth-order valence-electron chi connectivity index (χ4n) is 1.49. The van der Waals surface area contributed by atoms with Crippen molar-refractivity contribution in [2.75, 3.05) is 25.6 Å². The number of nitrogen functional groups attached to an aromatic ring is 1. The quantitative estimate of drug-likeness (QED) is 0.737. The second-order valence-corrected chi connectivity index (χ2v) is 4.09. The van der Waals surface area contributed by atoms with Gasteiger partial charge in [-0.15, -0.1) is 0 Å². The van der Waals surface area contributed by atoms with Crippen LogP contribution in [-0.2, 0) is 4.74 Å². The number of hydrogen-bond donors (Lipinski definition) is 1. The molecule has 0 bridgehead atoms. The van der Waals surface area contributed by atoms with Gasteiger partial charge in [0.25, 0.3) is 0 Å². The van der Waals surface area contributed by atoms with Crippen molar-refractivity contribution in [3.63, 3.8) is 0 Å². The summed E-state index contributed by atoms with van der Waals surface area (Å²) >= 11 is 0. The van der Waals surface area contributed by atoms with Gasteiger partial charge < -0.3 is 15.2 Å². The Morgan fingerprint density at radius 3 is 2.65 bits per heavy atom. The van der Waals surface area contributed by atoms with E-state index in [-0.39, 0.29) is 5.92 Å². The van der Waals surface area contributed by atoms with E-state index in [2.05, 4.69) is 16.9 Å². The average Bonchev–Trinajstić information content (AvgIpc) is 2.28. The van der Waals surface area contributed by atoms with Crippen molar-refractivity contribution in [1.29, 1.82) is 0 Å². The summed E-state index contributed by atoms with van der Waals surface area (Å²) in [5.41, 5.74) is 6.68. The maximum atomic E-state index is 5.81. The zero-order valence-corrected chi connectivity index (χ0v) is 10.8. The van der Waals surface area contributed by atoms with Crippen LogP contribution in [0.1, 0.15) is 38.7 Å². The highest BCUT2D eigenvalue weighted by Gasteiger charge is 2.13. The summed E-state index contributed by atoms with van der Waals surface area (Å²) in [6, 6.07) is 0. The van der Waals surface area contributed by atoms with E-state index in [1.54, 1.807) is 0 Å². The van der Waals surface area contributed by atoms with Crippen LogP contribution < -0.4 is 10.5 Å². The Kier molecular flexibility index (Phi) is 5.69. The molecular weight excluding hydrogens is 218 g/mol. The average molecular weight is 239 g/mol. The molecule has 0 aromatic carbocycles. The van der Waals surface area contributed by atoms with Crippen molar-refractivity contribution in [2.45, 2.75) is 33.1 Å². The number of nitrogens with zero attached hydrogens (tertiary/aromatic N) is 2. The van der Waals surface area contributed by atoms with Gasteiger partial charge in [0.1, 0.15) is 18.8 Å². The molecule has 0 saturated heterocycles. The topological polar surface area (TPSA) is 70.3 Å². The van der Waals surface area contributed by atoms with E-state index in [0.717, 1.165) is 18.6 Å². The minimum Gasteiger partial charge on any atom is -0.475 e. The van der Waals surface area contributed by atoms with Gasteiger partial charge in [-0.2, -0.15) is 0 Å². The van der Waals surface area contributed by atoms with Gasteiger partial charge in [0.15, 0.2) is 0 Å². The molecule has 2 N–H and O–H groups in total. The maximum Gasteiger partial charge on any atom is 0.222 e. The second kappa shape index (κ2) is 7.06. The molecule has 0 atom stereocenters. The third kappa shape index (κ3) is 4.19. The molecule has 5 heteroatoms. The van der Waals surface area contributed by atoms with Gasteiger partial charge in [0, 0.05) is 6.61 Å². The maximum absolute atomic E-state index is 5.81. The third-order valence-electron chi connectivity index (χ3n) is 2.27. The molecule has 0 aliphatic rings. The first-order chi connectivity index (χ1) is 8.16. The van der Waals surface area contributed by atoms with Crippen LogP contribution in [-0.4, -0.2) is 29.8 Å². The standard InChI is InChI=1S/C12H21N3O2/c1-4-5-16-6-7-17-12-10(9(2)3)11(13)14-8-15-12/h8-9H,4-7H2,1-3H3,(H2,13,14,15). The Morgan fingerprint density at radius 2 is 2.00 bits per heavy atom. The molecule has 0 aliphatic carbocycles. The van der Waals surface area contributed by atoms with Crippen LogP contribution in [0, 0.1) is 0 Å². The second-order valence-electron chi connectivity index (χ2n) is 4.09. The van der Waals surface area contributed by atoms with Crippen molar-refractivity contribution in [1.82, 2.24) is 9.97 Å². The normalized spacial score (nSPS) is 10.8. The van der Waals surface area contributed by atoms with Crippen LogP contribution in [0.2, 0.25) is 0 Å². The number of ether oxygens (including phenoxy) is 2. The Bertz CT molecular complexity index is 343. The molecule has 17 heavy (non-hydrogen) atoms. The fraction of sp³-hybridized carbons (Fsp3) is 0.667. The summed E-state index contributed by atoms with van der Waals surface area (Å²) in [7, 11) is 0. The summed E-state index contributed by atoms with van der Waals surface area (Å²) in [5.74, 6) is 1.29. The summed E-state index contributed by atoms with van der Waals surface area (Å²) in [5, 5.41) is 0. The monoisotopic (exact) mass is 239 g/mol. The first-order valence-electron chi connectivity index (χ1n) is 5.97. The molecule has 0 saturated carbocycles. The van der Waals surface area contributed by atoms with Gasteiger partial charge in [0.05, 0.1) is 12.2 Å². The van der Waals surface area contributed by atoms with Crippen LogP contribution >= 0.6 is 0 Å². The lowest BCUT2D eigenvalue weighted by molar-refractivity contribution is 0.0985. The van der Waals surface area contributed by atoms with E-state index in [1.165, 1.54) is 6.33 Å². The SMILES string of the molecule is CCCOCCOc1ncnc(N)c1C(C)C. The van der Waals surface area contributed by atoms with Gasteiger partial charge in [0.2, 0.25) is 5.88 Å². The molecule has 0 radical (unpaired) electrons. The molecule has 1 rings (SSSR count). The predicted molar refractivity (Wildman–Crippen MR) is 67.1 cm³/mol. The highest BCUT2D eigenvalue weighted by Crippen LogP contribution is 2.27. The minimum absolute atomic E-state index is 0.239. The summed E-state index contributed by atoms with van der Waals surface area (Å²) in [4.78, 5) is 8.08. The lowest BCUT2D eigenvalue weighted by atomic mass is 10.1. The van der Waals surface area contributed by atoms with Gasteiger partial charge in [-0.05, 0) is 12.3 Å². The molecule has 0 spiro atoms. The van der Waals surface area contributed by atoms with Crippen LogP contribution in [0.5, 0.6) is 5.88 Å². The molecule has 0 aliphatic heterocycles. The Balaban J connectivity index is 2.55. The molecule has 96 valence electrons. The van der Waals surface area contributed by atoms with E-state index in [0.29, 0.717) is 24.9 Å². The van der Waals surface area contributed by atoms with Gasteiger partial charge in [-0.1, -0.05) is 20.8 Å². The van der Waals surface area contributed by atoms with Gasteiger partial charge >= 0.3 is 0 Å². The molecule has 0 amide bonds. The number of rotatable bonds is 7. The number of hydrogen-bond acceptors (Lipinski definition) is 5. The van der Waals surface area contributed by atoms with E-state index in [1.807, 2.05) is 13.8 Å². The highest BCUT2D eigenvalue weighted by molar-refractivity contribution is 5.46. The number of nitrogens with two attached hydrogens (primary N) is 1. The van der Waals surface area contributed by atoms with Crippen molar-refractivity contribution in [3.8, 4) is 5.88 Å². The highest BCUT2D eigenvalue weighted by atomic mass is 16.5. The van der Waals surface area contributed by atoms with Gasteiger partial charge in [-0.3, -0.25) is 0 Å². The third-order valence-corrected chi connectivity index (χ3v) is 2.27. The van der Waals surface area contributed by atoms with Crippen LogP contribution in [0.25, 0.3) is 0 Å². The summed E-state index contributed by atoms with van der Waals surface area (Å²) in [6.07, 6.45) is 2.43. The van der Waals surface area contributed by atoms with Crippen molar-refractivity contribution in [3.05, 3.63) is 11.9 Å². The summed E-state index contributed by atoms with van der Waals surface area (Å²) < 4.78 is 10.9. The molecule has 5 nitrogen and oxygen atoms in total. The minimum atomic E-state index is 0.239. The predicted octanol–water partition coefficient (Wildman–Crippen LogP) is 1.99. The molecule has 1 heterocycles. The Hall–Kier alpha value is -1.36. The zero-order valence-electron chi connectivity index (χ0n) is 10.8. The van der Waals surface area contributed by atoms with Gasteiger partial charge in [-0.25, -0.2) is 9.97 Å². The largest absolute Gasteiger partial charge is 0.475 e. The van der Waals surface area contributed by atoms with Crippen molar-refractivity contribution < 1.29 is 9.47 Å². The first kappa shape index (κ1) is 13.7. The number of aromatic nitrogens is 2. The van der Waals surface area contributed by atoms with Crippen molar-refractivity contribution in [2.24, 2.45) is 0 Å². The van der Waals surface area contributed by atoms with E-state index in [9.17, 15) is 0 Å². The fourth-order valence-corrected chi connectivity index (χ4v) is 1.49. The van der Waals surface area contributed by atoms with E-state index >= 15 is 0 Å². The lowest BCUT2D eigenvalue weighted by Gasteiger charge is -2.13. The van der Waals surface area contributed by atoms with Crippen molar-refractivity contribution >= 4 is 5.82 Å². The smallest absolute Gasteiger partial charge is 0.222 e. The van der Waals surface area contributed by atoms with E-state index < -0.39 is 0 Å². The molecule has 0 unspecified atom stereocenters. The molecular formula is C12H21N3O2. The van der Waals surface area contributed by atoms with Crippen LogP contribution in [0.3, 0.4) is 0 Å².